The molecule has 3 heteroatoms. The van der Waals surface area contributed by atoms with Gasteiger partial charge in [-0.1, -0.05) is 19.1 Å². The lowest BCUT2D eigenvalue weighted by Crippen LogP contribution is -2.12. The van der Waals surface area contributed by atoms with Crippen LogP contribution in [0.4, 0.5) is 5.69 Å². The smallest absolute Gasteiger partial charge is 0.0858 e. The van der Waals surface area contributed by atoms with E-state index in [4.69, 9.17) is 5.73 Å². The molecule has 0 aliphatic carbocycles. The van der Waals surface area contributed by atoms with Crippen LogP contribution in [-0.2, 0) is 4.08 Å². The highest BCUT2D eigenvalue weighted by atomic mass is 32.2. The molecule has 0 unspecified atom stereocenters. The first-order chi connectivity index (χ1) is 6.77. The lowest BCUT2D eigenvalue weighted by atomic mass is 10.1. The molecule has 1 nitrogen and oxygen atoms in total. The summed E-state index contributed by atoms with van der Waals surface area (Å²) in [5.41, 5.74) is 7.97. The van der Waals surface area contributed by atoms with Gasteiger partial charge in [0.15, 0.2) is 0 Å². The molecule has 0 bridgehead atoms. The quantitative estimate of drug-likeness (QED) is 0.782. The van der Waals surface area contributed by atoms with Crippen LogP contribution in [0, 0.1) is 0 Å². The Hall–Kier alpha value is -0.280. The third-order valence-electron chi connectivity index (χ3n) is 2.57. The van der Waals surface area contributed by atoms with E-state index in [1.807, 2.05) is 12.1 Å². The second kappa shape index (κ2) is 4.07. The summed E-state index contributed by atoms with van der Waals surface area (Å²) in [6.45, 7) is 2.27. The average Bonchev–Trinajstić information content (AvgIpc) is 2.68. The monoisotopic (exact) mass is 225 g/mol. The summed E-state index contributed by atoms with van der Waals surface area (Å²) in [6.07, 6.45) is 1.19. The maximum Gasteiger partial charge on any atom is 0.0858 e. The molecule has 1 aromatic rings. The number of thioether (sulfide) groups is 2. The van der Waals surface area contributed by atoms with Crippen molar-refractivity contribution in [2.45, 2.75) is 17.4 Å². The number of rotatable bonds is 2. The zero-order valence-corrected chi connectivity index (χ0v) is 9.96. The summed E-state index contributed by atoms with van der Waals surface area (Å²) in [6, 6.07) is 8.35. The number of hydrogen-bond donors (Lipinski definition) is 1. The first kappa shape index (κ1) is 10.2. The van der Waals surface area contributed by atoms with Gasteiger partial charge < -0.3 is 5.73 Å². The van der Waals surface area contributed by atoms with Gasteiger partial charge in [0.2, 0.25) is 0 Å². The standard InChI is InChI=1S/C11H15NS2/c1-2-11(13-7-8-14-11)9-3-5-10(12)6-4-9/h3-6H,2,7-8,12H2,1H3. The molecule has 1 heterocycles. The normalized spacial score (nSPS) is 19.8. The summed E-state index contributed by atoms with van der Waals surface area (Å²) < 4.78 is 0.299. The van der Waals surface area contributed by atoms with E-state index < -0.39 is 0 Å². The van der Waals surface area contributed by atoms with E-state index in [-0.39, 0.29) is 0 Å². The second-order valence-electron chi connectivity index (χ2n) is 3.43. The number of anilines is 1. The molecule has 1 aromatic carbocycles. The fraction of sp³-hybridized carbons (Fsp3) is 0.455. The zero-order valence-electron chi connectivity index (χ0n) is 8.32. The van der Waals surface area contributed by atoms with E-state index in [2.05, 4.69) is 42.6 Å². The molecule has 2 N–H and O–H groups in total. The van der Waals surface area contributed by atoms with Crippen molar-refractivity contribution >= 4 is 29.2 Å². The van der Waals surface area contributed by atoms with Crippen molar-refractivity contribution in [2.24, 2.45) is 0 Å². The number of nitrogen functional groups attached to an aromatic ring is 1. The predicted octanol–water partition coefficient (Wildman–Crippen LogP) is 3.31. The molecule has 1 saturated heterocycles. The predicted molar refractivity (Wildman–Crippen MR) is 67.7 cm³/mol. The Morgan fingerprint density at radius 2 is 1.79 bits per heavy atom. The molecule has 0 saturated carbocycles. The topological polar surface area (TPSA) is 26.0 Å². The molecular formula is C11H15NS2. The molecule has 76 valence electrons. The molecule has 1 fully saturated rings. The fourth-order valence-electron chi connectivity index (χ4n) is 1.77. The van der Waals surface area contributed by atoms with E-state index in [0.29, 0.717) is 4.08 Å². The summed E-state index contributed by atoms with van der Waals surface area (Å²) >= 11 is 4.14. The SMILES string of the molecule is CCC1(c2ccc(N)cc2)SCCS1. The molecule has 0 radical (unpaired) electrons. The van der Waals surface area contributed by atoms with Gasteiger partial charge in [-0.3, -0.25) is 0 Å². The average molecular weight is 225 g/mol. The minimum absolute atomic E-state index is 0.299. The molecule has 0 atom stereocenters. The van der Waals surface area contributed by atoms with Gasteiger partial charge in [0.25, 0.3) is 0 Å². The Labute approximate surface area is 93.8 Å². The Balaban J connectivity index is 2.31. The summed E-state index contributed by atoms with van der Waals surface area (Å²) in [7, 11) is 0. The van der Waals surface area contributed by atoms with Crippen LogP contribution in [0.2, 0.25) is 0 Å². The molecular weight excluding hydrogens is 210 g/mol. The van der Waals surface area contributed by atoms with E-state index >= 15 is 0 Å². The zero-order chi connectivity index (χ0) is 10.0. The van der Waals surface area contributed by atoms with E-state index in [1.165, 1.54) is 23.5 Å². The third-order valence-corrected chi connectivity index (χ3v) is 6.33. The van der Waals surface area contributed by atoms with Crippen LogP contribution in [0.3, 0.4) is 0 Å². The summed E-state index contributed by atoms with van der Waals surface area (Å²) in [5, 5.41) is 0. The lowest BCUT2D eigenvalue weighted by molar-refractivity contribution is 0.839. The van der Waals surface area contributed by atoms with E-state index in [1.54, 1.807) is 0 Å². The van der Waals surface area contributed by atoms with Crippen LogP contribution in [0.5, 0.6) is 0 Å². The number of hydrogen-bond acceptors (Lipinski definition) is 3. The Kier molecular flexibility index (Phi) is 2.98. The molecule has 14 heavy (non-hydrogen) atoms. The van der Waals surface area contributed by atoms with Crippen LogP contribution >= 0.6 is 23.5 Å². The Bertz CT molecular complexity index is 302. The number of nitrogens with two attached hydrogens (primary N) is 1. The van der Waals surface area contributed by atoms with Crippen molar-refractivity contribution < 1.29 is 0 Å². The van der Waals surface area contributed by atoms with E-state index in [0.717, 1.165) is 5.69 Å². The molecule has 0 aromatic heterocycles. The van der Waals surface area contributed by atoms with Crippen molar-refractivity contribution in [3.63, 3.8) is 0 Å². The van der Waals surface area contributed by atoms with Gasteiger partial charge in [-0.15, -0.1) is 23.5 Å². The number of benzene rings is 1. The molecule has 2 rings (SSSR count). The van der Waals surface area contributed by atoms with Gasteiger partial charge in [0.05, 0.1) is 4.08 Å². The molecule has 1 aliphatic heterocycles. The second-order valence-corrected chi connectivity index (χ2v) is 6.47. The highest BCUT2D eigenvalue weighted by molar-refractivity contribution is 8.20. The van der Waals surface area contributed by atoms with Crippen molar-refractivity contribution in [2.75, 3.05) is 17.2 Å². The van der Waals surface area contributed by atoms with Crippen molar-refractivity contribution in [3.8, 4) is 0 Å². The van der Waals surface area contributed by atoms with Gasteiger partial charge >= 0.3 is 0 Å². The minimum atomic E-state index is 0.299. The largest absolute Gasteiger partial charge is 0.399 e. The van der Waals surface area contributed by atoms with Crippen LogP contribution < -0.4 is 5.73 Å². The fourth-order valence-corrected chi connectivity index (χ4v) is 4.94. The van der Waals surface area contributed by atoms with E-state index in [9.17, 15) is 0 Å². The highest BCUT2D eigenvalue weighted by Gasteiger charge is 2.35. The third kappa shape index (κ3) is 1.75. The summed E-state index contributed by atoms with van der Waals surface area (Å²) in [5.74, 6) is 2.53. The van der Waals surface area contributed by atoms with Gasteiger partial charge in [0, 0.05) is 17.2 Å². The van der Waals surface area contributed by atoms with Crippen molar-refractivity contribution in [1.82, 2.24) is 0 Å². The minimum Gasteiger partial charge on any atom is -0.399 e. The first-order valence-electron chi connectivity index (χ1n) is 4.91. The van der Waals surface area contributed by atoms with Gasteiger partial charge in [-0.25, -0.2) is 0 Å². The van der Waals surface area contributed by atoms with Crippen molar-refractivity contribution in [3.05, 3.63) is 29.8 Å². The molecule has 1 aliphatic rings. The van der Waals surface area contributed by atoms with Crippen LogP contribution in [0.25, 0.3) is 0 Å². The van der Waals surface area contributed by atoms with Gasteiger partial charge in [-0.05, 0) is 24.1 Å². The van der Waals surface area contributed by atoms with Crippen LogP contribution in [-0.4, -0.2) is 11.5 Å². The van der Waals surface area contributed by atoms with Crippen LogP contribution in [0.1, 0.15) is 18.9 Å². The van der Waals surface area contributed by atoms with Gasteiger partial charge in [-0.2, -0.15) is 0 Å². The maximum absolute atomic E-state index is 5.70. The molecule has 0 spiro atoms. The Morgan fingerprint density at radius 1 is 1.21 bits per heavy atom. The Morgan fingerprint density at radius 3 is 2.29 bits per heavy atom. The lowest BCUT2D eigenvalue weighted by Gasteiger charge is -2.26. The van der Waals surface area contributed by atoms with Crippen LogP contribution in [0.15, 0.2) is 24.3 Å². The first-order valence-corrected chi connectivity index (χ1v) is 6.88. The summed E-state index contributed by atoms with van der Waals surface area (Å²) in [4.78, 5) is 0. The molecule has 0 amide bonds. The maximum atomic E-state index is 5.70. The van der Waals surface area contributed by atoms with Gasteiger partial charge in [0.1, 0.15) is 0 Å². The highest BCUT2D eigenvalue weighted by Crippen LogP contribution is 2.54. The van der Waals surface area contributed by atoms with Crippen molar-refractivity contribution in [1.29, 1.82) is 0 Å².